The summed E-state index contributed by atoms with van der Waals surface area (Å²) in [5.74, 6) is -0.831. The highest BCUT2D eigenvalue weighted by molar-refractivity contribution is 5.45. The summed E-state index contributed by atoms with van der Waals surface area (Å²) in [6, 6.07) is 1.44. The maximum absolute atomic E-state index is 12.3. The number of nitriles is 1. The van der Waals surface area contributed by atoms with Gasteiger partial charge in [-0.05, 0) is 0 Å². The summed E-state index contributed by atoms with van der Waals surface area (Å²) in [4.78, 5) is 3.41. The second-order valence-corrected chi connectivity index (χ2v) is 2.47. The number of halogens is 4. The lowest BCUT2D eigenvalue weighted by molar-refractivity contribution is -0.275. The van der Waals surface area contributed by atoms with Crippen molar-refractivity contribution < 1.29 is 22.3 Å². The molecule has 0 fully saturated rings. The monoisotopic (exact) mass is 220 g/mol. The van der Waals surface area contributed by atoms with Crippen LogP contribution in [0.25, 0.3) is 0 Å². The molecule has 0 bridgehead atoms. The number of nitrogens with zero attached hydrogens (tertiary/aromatic N) is 2. The average molecular weight is 220 g/mol. The van der Waals surface area contributed by atoms with Gasteiger partial charge in [-0.25, -0.2) is 4.39 Å². The van der Waals surface area contributed by atoms with Gasteiger partial charge in [0.05, 0.1) is 0 Å². The summed E-state index contributed by atoms with van der Waals surface area (Å²) in [7, 11) is 0. The molecule has 0 unspecified atom stereocenters. The molecule has 1 heterocycles. The van der Waals surface area contributed by atoms with Crippen molar-refractivity contribution in [3.63, 3.8) is 0 Å². The molecule has 1 rings (SSSR count). The lowest BCUT2D eigenvalue weighted by atomic mass is 10.2. The SMILES string of the molecule is N#Cc1cncc(CF)c1OC(F)(F)F. The Hall–Kier alpha value is -1.84. The highest BCUT2D eigenvalue weighted by Crippen LogP contribution is 2.29. The molecule has 0 aliphatic heterocycles. The number of pyridine rings is 1. The summed E-state index contributed by atoms with van der Waals surface area (Å²) in [5.41, 5.74) is -0.867. The minimum atomic E-state index is -4.96. The van der Waals surface area contributed by atoms with Crippen molar-refractivity contribution in [2.75, 3.05) is 0 Å². The van der Waals surface area contributed by atoms with Crippen molar-refractivity contribution in [2.24, 2.45) is 0 Å². The first-order valence-corrected chi connectivity index (χ1v) is 3.66. The van der Waals surface area contributed by atoms with E-state index >= 15 is 0 Å². The van der Waals surface area contributed by atoms with Gasteiger partial charge in [-0.15, -0.1) is 13.2 Å². The molecular weight excluding hydrogens is 216 g/mol. The largest absolute Gasteiger partial charge is 0.573 e. The third-order valence-electron chi connectivity index (χ3n) is 1.45. The number of aromatic nitrogens is 1. The number of alkyl halides is 4. The number of hydrogen-bond donors (Lipinski definition) is 0. The van der Waals surface area contributed by atoms with Crippen molar-refractivity contribution in [2.45, 2.75) is 13.0 Å². The molecule has 15 heavy (non-hydrogen) atoms. The Morgan fingerprint density at radius 1 is 1.40 bits per heavy atom. The van der Waals surface area contributed by atoms with Gasteiger partial charge in [-0.3, -0.25) is 4.98 Å². The molecule has 1 aromatic rings. The minimum absolute atomic E-state index is 0.411. The molecule has 3 nitrogen and oxygen atoms in total. The molecule has 0 spiro atoms. The van der Waals surface area contributed by atoms with Gasteiger partial charge in [0.25, 0.3) is 0 Å². The molecular formula is C8H4F4N2O. The molecule has 7 heteroatoms. The van der Waals surface area contributed by atoms with Crippen molar-refractivity contribution in [1.29, 1.82) is 5.26 Å². The van der Waals surface area contributed by atoms with E-state index in [4.69, 9.17) is 5.26 Å². The van der Waals surface area contributed by atoms with Gasteiger partial charge >= 0.3 is 6.36 Å². The molecule has 0 aliphatic rings. The molecule has 0 saturated heterocycles. The maximum Gasteiger partial charge on any atom is 0.573 e. The molecule has 0 amide bonds. The Morgan fingerprint density at radius 3 is 2.53 bits per heavy atom. The van der Waals surface area contributed by atoms with Crippen molar-refractivity contribution in [3.05, 3.63) is 23.5 Å². The van der Waals surface area contributed by atoms with Crippen molar-refractivity contribution in [3.8, 4) is 11.8 Å². The Balaban J connectivity index is 3.18. The maximum atomic E-state index is 12.3. The number of rotatable bonds is 2. The Bertz CT molecular complexity index is 397. The third-order valence-corrected chi connectivity index (χ3v) is 1.45. The van der Waals surface area contributed by atoms with Crippen LogP contribution in [-0.4, -0.2) is 11.3 Å². The van der Waals surface area contributed by atoms with E-state index < -0.39 is 29.9 Å². The first-order chi connectivity index (χ1) is 6.98. The fourth-order valence-electron chi connectivity index (χ4n) is 0.903. The molecule has 0 aromatic carbocycles. The van der Waals surface area contributed by atoms with Gasteiger partial charge in [0, 0.05) is 18.0 Å². The molecule has 0 aliphatic carbocycles. The minimum Gasteiger partial charge on any atom is -0.404 e. The van der Waals surface area contributed by atoms with E-state index in [2.05, 4.69) is 9.72 Å². The predicted octanol–water partition coefficient (Wildman–Crippen LogP) is 2.32. The normalized spacial score (nSPS) is 10.9. The Morgan fingerprint density at radius 2 is 2.07 bits per heavy atom. The molecule has 0 N–H and O–H groups in total. The summed E-state index contributed by atoms with van der Waals surface area (Å²) < 4.78 is 51.5. The van der Waals surface area contributed by atoms with E-state index in [0.29, 0.717) is 0 Å². The van der Waals surface area contributed by atoms with E-state index in [1.54, 1.807) is 0 Å². The summed E-state index contributed by atoms with van der Waals surface area (Å²) in [6.07, 6.45) is -3.21. The van der Waals surface area contributed by atoms with Crippen LogP contribution in [0.2, 0.25) is 0 Å². The summed E-state index contributed by atoms with van der Waals surface area (Å²) in [6.45, 7) is -1.19. The smallest absolute Gasteiger partial charge is 0.404 e. The third kappa shape index (κ3) is 2.80. The molecule has 1 aromatic heterocycles. The first kappa shape index (κ1) is 11.2. The van der Waals surface area contributed by atoms with Crippen LogP contribution in [0.3, 0.4) is 0 Å². The molecule has 80 valence electrons. The van der Waals surface area contributed by atoms with Gasteiger partial charge in [-0.1, -0.05) is 0 Å². The zero-order valence-corrected chi connectivity index (χ0v) is 7.18. The van der Waals surface area contributed by atoms with E-state index in [1.807, 2.05) is 0 Å². The fourth-order valence-corrected chi connectivity index (χ4v) is 0.903. The predicted molar refractivity (Wildman–Crippen MR) is 40.4 cm³/mol. The van der Waals surface area contributed by atoms with Crippen molar-refractivity contribution in [1.82, 2.24) is 4.98 Å². The lowest BCUT2D eigenvalue weighted by Gasteiger charge is -2.12. The van der Waals surface area contributed by atoms with Crippen LogP contribution in [0, 0.1) is 11.3 Å². The van der Waals surface area contributed by atoms with Crippen LogP contribution in [0.1, 0.15) is 11.1 Å². The fraction of sp³-hybridized carbons (Fsp3) is 0.250. The van der Waals surface area contributed by atoms with E-state index in [-0.39, 0.29) is 0 Å². The topological polar surface area (TPSA) is 45.9 Å². The van der Waals surface area contributed by atoms with Crippen LogP contribution < -0.4 is 4.74 Å². The molecule has 0 saturated carbocycles. The second-order valence-electron chi connectivity index (χ2n) is 2.47. The lowest BCUT2D eigenvalue weighted by Crippen LogP contribution is -2.19. The van der Waals surface area contributed by atoms with E-state index in [1.165, 1.54) is 6.07 Å². The number of ether oxygens (including phenoxy) is 1. The van der Waals surface area contributed by atoms with Gasteiger partial charge in [0.1, 0.15) is 18.3 Å². The van der Waals surface area contributed by atoms with Crippen LogP contribution in [0.5, 0.6) is 5.75 Å². The quantitative estimate of drug-likeness (QED) is 0.718. The highest BCUT2D eigenvalue weighted by Gasteiger charge is 2.33. The molecule has 0 radical (unpaired) electrons. The highest BCUT2D eigenvalue weighted by atomic mass is 19.4. The van der Waals surface area contributed by atoms with E-state index in [0.717, 1.165) is 12.4 Å². The van der Waals surface area contributed by atoms with Gasteiger partial charge in [0.15, 0.2) is 5.75 Å². The van der Waals surface area contributed by atoms with Crippen LogP contribution in [0.4, 0.5) is 17.6 Å². The standard InChI is InChI=1S/C8H4F4N2O/c9-1-5-3-14-4-6(2-13)7(5)15-8(10,11)12/h3-4H,1H2. The van der Waals surface area contributed by atoms with E-state index in [9.17, 15) is 17.6 Å². The Kier molecular flexibility index (Phi) is 3.09. The van der Waals surface area contributed by atoms with Crippen molar-refractivity contribution >= 4 is 0 Å². The zero-order valence-electron chi connectivity index (χ0n) is 7.18. The van der Waals surface area contributed by atoms with Crippen LogP contribution >= 0.6 is 0 Å². The Labute approximate surface area is 81.9 Å². The average Bonchev–Trinajstić information content (AvgIpc) is 2.16. The van der Waals surface area contributed by atoms with Crippen LogP contribution in [-0.2, 0) is 6.67 Å². The van der Waals surface area contributed by atoms with Gasteiger partial charge < -0.3 is 4.74 Å². The second kappa shape index (κ2) is 4.13. The summed E-state index contributed by atoms with van der Waals surface area (Å²) in [5, 5.41) is 8.48. The zero-order chi connectivity index (χ0) is 11.5. The van der Waals surface area contributed by atoms with Gasteiger partial charge in [0.2, 0.25) is 0 Å². The van der Waals surface area contributed by atoms with Gasteiger partial charge in [-0.2, -0.15) is 5.26 Å². The number of hydrogen-bond acceptors (Lipinski definition) is 3. The van der Waals surface area contributed by atoms with Crippen LogP contribution in [0.15, 0.2) is 12.4 Å². The first-order valence-electron chi connectivity index (χ1n) is 3.66. The summed E-state index contributed by atoms with van der Waals surface area (Å²) >= 11 is 0. The molecule has 0 atom stereocenters.